The van der Waals surface area contributed by atoms with Crippen LogP contribution in [0.3, 0.4) is 0 Å². The molecule has 2 aliphatic heterocycles. The normalized spacial score (nSPS) is 20.3. The Labute approximate surface area is 225 Å². The van der Waals surface area contributed by atoms with E-state index in [4.69, 9.17) is 17.3 Å². The maximum atomic E-state index is 12.7. The SMILES string of the molecule is Nc1nc(C(=CCl)C(=O)NC2C(=O)N3C(C(=O)[O-])=C(CSc4nncs4)CS[C@@H]23)cs1.[Na+]. The van der Waals surface area contributed by atoms with Gasteiger partial charge in [-0.3, -0.25) is 14.5 Å². The number of nitrogens with one attached hydrogen (secondary N) is 1. The number of β-lactam (4-membered cyclic amide) rings is 1. The van der Waals surface area contributed by atoms with Crippen molar-refractivity contribution in [2.24, 2.45) is 0 Å². The van der Waals surface area contributed by atoms with Crippen LogP contribution in [0.25, 0.3) is 5.57 Å². The minimum atomic E-state index is -1.43. The van der Waals surface area contributed by atoms with E-state index in [9.17, 15) is 19.5 Å². The number of anilines is 1. The van der Waals surface area contributed by atoms with E-state index in [0.29, 0.717) is 27.1 Å². The Morgan fingerprint density at radius 2 is 2.22 bits per heavy atom. The third-order valence-electron chi connectivity index (χ3n) is 4.39. The van der Waals surface area contributed by atoms with Gasteiger partial charge in [-0.25, -0.2) is 4.98 Å². The quantitative estimate of drug-likeness (QED) is 0.165. The number of nitrogens with zero attached hydrogens (tertiary/aromatic N) is 4. The molecule has 0 radical (unpaired) electrons. The first-order valence-electron chi connectivity index (χ1n) is 8.50. The molecule has 2 aromatic rings. The Kier molecular flexibility index (Phi) is 8.65. The fraction of sp³-hybridized carbons (Fsp3) is 0.250. The summed E-state index contributed by atoms with van der Waals surface area (Å²) in [5.74, 6) is -1.86. The Morgan fingerprint density at radius 3 is 2.81 bits per heavy atom. The zero-order valence-electron chi connectivity index (χ0n) is 16.3. The van der Waals surface area contributed by atoms with Gasteiger partial charge in [0.25, 0.3) is 11.8 Å². The summed E-state index contributed by atoms with van der Waals surface area (Å²) >= 11 is 11.0. The molecular weight excluding hydrogens is 527 g/mol. The van der Waals surface area contributed by atoms with E-state index in [-0.39, 0.29) is 46.0 Å². The first-order chi connectivity index (χ1) is 14.9. The number of rotatable bonds is 7. The molecule has 32 heavy (non-hydrogen) atoms. The van der Waals surface area contributed by atoms with Crippen molar-refractivity contribution in [2.45, 2.75) is 15.8 Å². The summed E-state index contributed by atoms with van der Waals surface area (Å²) in [7, 11) is 0. The largest absolute Gasteiger partial charge is 1.00 e. The van der Waals surface area contributed by atoms with Gasteiger partial charge in [-0.1, -0.05) is 34.7 Å². The predicted octanol–water partition coefficient (Wildman–Crippen LogP) is -2.64. The molecule has 162 valence electrons. The molecule has 2 aliphatic rings. The molecule has 2 amide bonds. The molecule has 2 aromatic heterocycles. The molecule has 16 heteroatoms. The van der Waals surface area contributed by atoms with Gasteiger partial charge in [0.15, 0.2) is 9.47 Å². The Bertz CT molecular complexity index is 1110. The van der Waals surface area contributed by atoms with E-state index >= 15 is 0 Å². The number of thioether (sulfide) groups is 2. The van der Waals surface area contributed by atoms with E-state index in [1.165, 1.54) is 34.9 Å². The van der Waals surface area contributed by atoms with E-state index in [1.54, 1.807) is 10.9 Å². The van der Waals surface area contributed by atoms with Crippen molar-refractivity contribution in [3.63, 3.8) is 0 Å². The molecule has 0 aliphatic carbocycles. The van der Waals surface area contributed by atoms with Crippen LogP contribution < -0.4 is 45.7 Å². The summed E-state index contributed by atoms with van der Waals surface area (Å²) in [4.78, 5) is 42.4. The number of aliphatic carboxylic acids is 1. The van der Waals surface area contributed by atoms with E-state index in [2.05, 4.69) is 20.5 Å². The zero-order chi connectivity index (χ0) is 22.1. The first-order valence-corrected chi connectivity index (χ1v) is 12.7. The van der Waals surface area contributed by atoms with Crippen LogP contribution in [0.1, 0.15) is 5.69 Å². The summed E-state index contributed by atoms with van der Waals surface area (Å²) in [6.07, 6.45) is 0. The Hall–Kier alpha value is -1.13. The molecule has 0 bridgehead atoms. The average molecular weight is 539 g/mol. The van der Waals surface area contributed by atoms with Crippen LogP contribution >= 0.6 is 57.8 Å². The number of nitrogens with two attached hydrogens (primary N) is 1. The van der Waals surface area contributed by atoms with Crippen molar-refractivity contribution in [2.75, 3.05) is 17.2 Å². The van der Waals surface area contributed by atoms with Gasteiger partial charge in [0.1, 0.15) is 16.9 Å². The van der Waals surface area contributed by atoms with Crippen LogP contribution in [0, 0.1) is 0 Å². The molecule has 2 atom stereocenters. The molecule has 4 rings (SSSR count). The molecule has 0 aromatic carbocycles. The van der Waals surface area contributed by atoms with E-state index in [0.717, 1.165) is 21.8 Å². The summed E-state index contributed by atoms with van der Waals surface area (Å²) < 4.78 is 0.695. The second kappa shape index (κ2) is 10.9. The molecule has 0 spiro atoms. The number of carbonyl (C=O) groups is 3. The van der Waals surface area contributed by atoms with Gasteiger partial charge in [-0.05, 0) is 5.57 Å². The summed E-state index contributed by atoms with van der Waals surface area (Å²) in [6, 6.07) is -0.896. The zero-order valence-corrected chi connectivity index (χ0v) is 22.3. The predicted molar refractivity (Wildman–Crippen MR) is 118 cm³/mol. The van der Waals surface area contributed by atoms with Crippen LogP contribution in [0.2, 0.25) is 0 Å². The molecule has 1 unspecified atom stereocenters. The van der Waals surface area contributed by atoms with Crippen molar-refractivity contribution >= 4 is 86.3 Å². The number of nitrogen functional groups attached to an aromatic ring is 1. The summed E-state index contributed by atoms with van der Waals surface area (Å²) in [6.45, 7) is 0. The molecule has 3 N–H and O–H groups in total. The molecular formula is C16H12ClN6NaO4S4. The van der Waals surface area contributed by atoms with Crippen LogP contribution in [0.15, 0.2) is 32.0 Å². The maximum Gasteiger partial charge on any atom is 1.00 e. The molecule has 10 nitrogen and oxygen atoms in total. The summed E-state index contributed by atoms with van der Waals surface area (Å²) in [5, 5.41) is 23.4. The molecule has 1 saturated heterocycles. The van der Waals surface area contributed by atoms with Crippen molar-refractivity contribution in [3.8, 4) is 0 Å². The van der Waals surface area contributed by atoms with Crippen molar-refractivity contribution in [1.82, 2.24) is 25.4 Å². The number of carboxylic acids is 1. The Balaban J connectivity index is 0.00000289. The van der Waals surface area contributed by atoms with Crippen molar-refractivity contribution < 1.29 is 49.0 Å². The third kappa shape index (κ3) is 5.01. The average Bonchev–Trinajstić information content (AvgIpc) is 3.42. The van der Waals surface area contributed by atoms with Gasteiger partial charge >= 0.3 is 29.6 Å². The third-order valence-corrected chi connectivity index (χ3v) is 8.57. The Morgan fingerprint density at radius 1 is 1.44 bits per heavy atom. The number of carboxylic acid groups (broad SMARTS) is 1. The topological polar surface area (TPSA) is 154 Å². The first kappa shape index (κ1) is 25.5. The van der Waals surface area contributed by atoms with Gasteiger partial charge < -0.3 is 21.0 Å². The standard InChI is InChI=1S/C16H13ClN6O4S4.Na/c17-1-7(8-4-29-15(18)20-8)11(24)21-9-12(25)23-10(14(26)27)6(2-28-13(9)23)3-30-16-22-19-5-31-16;/h1,4-5,9,13H,2-3H2,(H2,18,20)(H,21,24)(H,26,27);/q;+1/p-1/t9?,13-;/m0./s1. The van der Waals surface area contributed by atoms with Gasteiger partial charge in [0.2, 0.25) is 0 Å². The van der Waals surface area contributed by atoms with Gasteiger partial charge in [-0.15, -0.1) is 33.3 Å². The fourth-order valence-electron chi connectivity index (χ4n) is 3.01. The smallest absolute Gasteiger partial charge is 0.543 e. The van der Waals surface area contributed by atoms with E-state index in [1.807, 2.05) is 0 Å². The number of halogens is 1. The summed E-state index contributed by atoms with van der Waals surface area (Å²) in [5.41, 5.74) is 9.00. The number of amides is 2. The monoisotopic (exact) mass is 538 g/mol. The number of thiazole rings is 1. The van der Waals surface area contributed by atoms with E-state index < -0.39 is 29.2 Å². The minimum absolute atomic E-state index is 0. The van der Waals surface area contributed by atoms with Gasteiger partial charge in [0.05, 0.1) is 22.9 Å². The number of hydrogen-bond acceptors (Lipinski definition) is 12. The minimum Gasteiger partial charge on any atom is -0.543 e. The number of aromatic nitrogens is 3. The number of hydrogen-bond donors (Lipinski definition) is 2. The van der Waals surface area contributed by atoms with Crippen LogP contribution in [0.4, 0.5) is 5.13 Å². The van der Waals surface area contributed by atoms with Crippen LogP contribution in [0.5, 0.6) is 0 Å². The molecule has 0 saturated carbocycles. The second-order valence-corrected chi connectivity index (χ2v) is 10.5. The van der Waals surface area contributed by atoms with Gasteiger partial charge in [0, 0.05) is 22.4 Å². The second-order valence-electron chi connectivity index (χ2n) is 6.19. The number of carbonyl (C=O) groups excluding carboxylic acids is 3. The van der Waals surface area contributed by atoms with Crippen LogP contribution in [-0.4, -0.2) is 60.8 Å². The van der Waals surface area contributed by atoms with Crippen LogP contribution in [-0.2, 0) is 14.4 Å². The number of fused-ring (bicyclic) bond motifs is 1. The van der Waals surface area contributed by atoms with Crippen molar-refractivity contribution in [3.05, 3.63) is 33.4 Å². The fourth-order valence-corrected chi connectivity index (χ4v) is 6.76. The van der Waals surface area contributed by atoms with Crippen molar-refractivity contribution in [1.29, 1.82) is 0 Å². The maximum absolute atomic E-state index is 12.7. The molecule has 1 fully saturated rings. The van der Waals surface area contributed by atoms with Gasteiger partial charge in [-0.2, -0.15) is 0 Å². The molecule has 4 heterocycles.